The lowest BCUT2D eigenvalue weighted by Gasteiger charge is -2.03. The highest BCUT2D eigenvalue weighted by Gasteiger charge is 2.05. The van der Waals surface area contributed by atoms with E-state index in [0.29, 0.717) is 0 Å². The highest BCUT2D eigenvalue weighted by molar-refractivity contribution is 7.80. The molecule has 0 fully saturated rings. The van der Waals surface area contributed by atoms with E-state index in [-0.39, 0.29) is 6.61 Å². The van der Waals surface area contributed by atoms with Gasteiger partial charge in [-0.2, -0.15) is 8.42 Å². The fourth-order valence-electron chi connectivity index (χ4n) is 0.910. The molecule has 0 radical (unpaired) electrons. The van der Waals surface area contributed by atoms with Crippen molar-refractivity contribution in [3.05, 3.63) is 35.4 Å². The Hall–Kier alpha value is -0.910. The number of rotatable bonds is 3. The number of hydrogen-bond donors (Lipinski definition) is 1. The van der Waals surface area contributed by atoms with Gasteiger partial charge >= 0.3 is 10.4 Å². The topological polar surface area (TPSA) is 63.6 Å². The van der Waals surface area contributed by atoms with Crippen molar-refractivity contribution in [3.63, 3.8) is 0 Å². The van der Waals surface area contributed by atoms with Gasteiger partial charge in [-0.3, -0.25) is 4.55 Å². The van der Waals surface area contributed by atoms with Crippen molar-refractivity contribution in [1.29, 1.82) is 0 Å². The Labute approximate surface area is 77.1 Å². The van der Waals surface area contributed by atoms with Gasteiger partial charge in [-0.05, 0) is 18.1 Å². The van der Waals surface area contributed by atoms with Crippen LogP contribution in [0.25, 0.3) is 0 Å². The molecule has 1 N–H and O–H groups in total. The second kappa shape index (κ2) is 3.87. The molecule has 1 rings (SSSR count). The van der Waals surface area contributed by atoms with Gasteiger partial charge < -0.3 is 0 Å². The fraction of sp³-hybridized carbons (Fsp3) is 0.250. The van der Waals surface area contributed by atoms with Crippen molar-refractivity contribution in [3.8, 4) is 0 Å². The Bertz CT molecular complexity index is 383. The summed E-state index contributed by atoms with van der Waals surface area (Å²) < 4.78 is 33.0. The molecular formula is C8H10O4S. The minimum atomic E-state index is -4.34. The predicted molar refractivity (Wildman–Crippen MR) is 47.5 cm³/mol. The highest BCUT2D eigenvalue weighted by atomic mass is 32.3. The van der Waals surface area contributed by atoms with Crippen LogP contribution in [-0.4, -0.2) is 13.0 Å². The van der Waals surface area contributed by atoms with Crippen LogP contribution in [0.4, 0.5) is 0 Å². The first-order chi connectivity index (χ1) is 5.99. The summed E-state index contributed by atoms with van der Waals surface area (Å²) in [6, 6.07) is 7.19. The molecule has 0 aliphatic carbocycles. The van der Waals surface area contributed by atoms with Gasteiger partial charge in [-0.1, -0.05) is 24.3 Å². The van der Waals surface area contributed by atoms with Gasteiger partial charge in [0.05, 0.1) is 6.61 Å². The van der Waals surface area contributed by atoms with Crippen LogP contribution in [0.5, 0.6) is 0 Å². The largest absolute Gasteiger partial charge is 0.397 e. The van der Waals surface area contributed by atoms with E-state index in [0.717, 1.165) is 11.1 Å². The second-order valence-corrected chi connectivity index (χ2v) is 3.71. The van der Waals surface area contributed by atoms with Crippen molar-refractivity contribution in [2.45, 2.75) is 13.5 Å². The van der Waals surface area contributed by atoms with Crippen molar-refractivity contribution in [2.75, 3.05) is 0 Å². The van der Waals surface area contributed by atoms with Gasteiger partial charge in [-0.15, -0.1) is 0 Å². The molecule has 0 amide bonds. The van der Waals surface area contributed by atoms with Crippen LogP contribution in [0.2, 0.25) is 0 Å². The van der Waals surface area contributed by atoms with Crippen LogP contribution in [0.15, 0.2) is 24.3 Å². The Morgan fingerprint density at radius 1 is 1.38 bits per heavy atom. The van der Waals surface area contributed by atoms with Crippen molar-refractivity contribution in [2.24, 2.45) is 0 Å². The van der Waals surface area contributed by atoms with E-state index >= 15 is 0 Å². The third-order valence-corrected chi connectivity index (χ3v) is 2.04. The quantitative estimate of drug-likeness (QED) is 0.751. The summed E-state index contributed by atoms with van der Waals surface area (Å²) >= 11 is 0. The molecule has 0 aromatic heterocycles. The Kier molecular flexibility index (Phi) is 3.02. The molecule has 0 saturated heterocycles. The van der Waals surface area contributed by atoms with Crippen LogP contribution in [-0.2, 0) is 21.2 Å². The molecule has 72 valence electrons. The van der Waals surface area contributed by atoms with Crippen molar-refractivity contribution < 1.29 is 17.2 Å². The van der Waals surface area contributed by atoms with E-state index in [2.05, 4.69) is 4.18 Å². The zero-order valence-corrected chi connectivity index (χ0v) is 7.91. The number of hydrogen-bond acceptors (Lipinski definition) is 3. The summed E-state index contributed by atoms with van der Waals surface area (Å²) in [5.74, 6) is 0. The molecule has 1 aromatic carbocycles. The van der Waals surface area contributed by atoms with Crippen LogP contribution in [0, 0.1) is 6.92 Å². The first kappa shape index (κ1) is 10.2. The van der Waals surface area contributed by atoms with Gasteiger partial charge in [-0.25, -0.2) is 4.18 Å². The minimum Gasteiger partial charge on any atom is -0.264 e. The summed E-state index contributed by atoms with van der Waals surface area (Å²) in [5, 5.41) is 0. The molecule has 0 aliphatic heterocycles. The molecule has 0 spiro atoms. The molecule has 0 saturated carbocycles. The number of aryl methyl sites for hydroxylation is 1. The SMILES string of the molecule is Cc1ccccc1COS(=O)(=O)O. The molecule has 4 nitrogen and oxygen atoms in total. The van der Waals surface area contributed by atoms with Gasteiger partial charge in [0.15, 0.2) is 0 Å². The van der Waals surface area contributed by atoms with Crippen LogP contribution < -0.4 is 0 Å². The van der Waals surface area contributed by atoms with Crippen molar-refractivity contribution >= 4 is 10.4 Å². The van der Waals surface area contributed by atoms with E-state index < -0.39 is 10.4 Å². The molecule has 0 bridgehead atoms. The van der Waals surface area contributed by atoms with Crippen LogP contribution in [0.1, 0.15) is 11.1 Å². The standard InChI is InChI=1S/C8H10O4S/c1-7-4-2-3-5-8(7)6-12-13(9,10)11/h2-5H,6H2,1H3,(H,9,10,11). The summed E-state index contributed by atoms with van der Waals surface area (Å²) in [7, 11) is -4.34. The number of benzene rings is 1. The minimum absolute atomic E-state index is 0.133. The summed E-state index contributed by atoms with van der Waals surface area (Å²) in [6.45, 7) is 1.70. The first-order valence-corrected chi connectivity index (χ1v) is 5.02. The molecule has 0 unspecified atom stereocenters. The Balaban J connectivity index is 2.71. The Morgan fingerprint density at radius 3 is 2.54 bits per heavy atom. The molecular weight excluding hydrogens is 192 g/mol. The maximum absolute atomic E-state index is 10.2. The lowest BCUT2D eigenvalue weighted by atomic mass is 10.1. The predicted octanol–water partition coefficient (Wildman–Crippen LogP) is 1.31. The lowest BCUT2D eigenvalue weighted by Crippen LogP contribution is -2.04. The zero-order chi connectivity index (χ0) is 9.90. The van der Waals surface area contributed by atoms with E-state index in [4.69, 9.17) is 4.55 Å². The Morgan fingerprint density at radius 2 is 2.00 bits per heavy atom. The maximum atomic E-state index is 10.2. The van der Waals surface area contributed by atoms with Crippen LogP contribution >= 0.6 is 0 Å². The molecule has 1 aromatic rings. The summed E-state index contributed by atoms with van der Waals surface area (Å²) in [5.41, 5.74) is 1.66. The van der Waals surface area contributed by atoms with E-state index in [1.54, 1.807) is 12.1 Å². The van der Waals surface area contributed by atoms with Gasteiger partial charge in [0, 0.05) is 0 Å². The van der Waals surface area contributed by atoms with E-state index in [1.165, 1.54) is 0 Å². The average molecular weight is 202 g/mol. The monoisotopic (exact) mass is 202 g/mol. The van der Waals surface area contributed by atoms with E-state index in [1.807, 2.05) is 19.1 Å². The van der Waals surface area contributed by atoms with Gasteiger partial charge in [0.2, 0.25) is 0 Å². The first-order valence-electron chi connectivity index (χ1n) is 3.65. The molecule has 0 heterocycles. The molecule has 0 aliphatic rings. The lowest BCUT2D eigenvalue weighted by molar-refractivity contribution is 0.259. The summed E-state index contributed by atoms with van der Waals surface area (Å²) in [4.78, 5) is 0. The molecule has 13 heavy (non-hydrogen) atoms. The normalized spacial score (nSPS) is 11.5. The molecule has 5 heteroatoms. The van der Waals surface area contributed by atoms with Gasteiger partial charge in [0.25, 0.3) is 0 Å². The highest BCUT2D eigenvalue weighted by Crippen LogP contribution is 2.09. The van der Waals surface area contributed by atoms with Crippen molar-refractivity contribution in [1.82, 2.24) is 0 Å². The smallest absolute Gasteiger partial charge is 0.264 e. The maximum Gasteiger partial charge on any atom is 0.397 e. The third kappa shape index (κ3) is 3.54. The zero-order valence-electron chi connectivity index (χ0n) is 7.10. The third-order valence-electron chi connectivity index (χ3n) is 1.62. The average Bonchev–Trinajstić information content (AvgIpc) is 2.01. The van der Waals surface area contributed by atoms with E-state index in [9.17, 15) is 8.42 Å². The fourth-order valence-corrected chi connectivity index (χ4v) is 1.19. The summed E-state index contributed by atoms with van der Waals surface area (Å²) in [6.07, 6.45) is 0. The van der Waals surface area contributed by atoms with Crippen LogP contribution in [0.3, 0.4) is 0 Å². The molecule has 0 atom stereocenters. The van der Waals surface area contributed by atoms with Gasteiger partial charge in [0.1, 0.15) is 0 Å². The second-order valence-electron chi connectivity index (χ2n) is 2.62.